The molecule has 0 atom stereocenters. The zero-order valence-electron chi connectivity index (χ0n) is 16.9. The summed E-state index contributed by atoms with van der Waals surface area (Å²) in [5.74, 6) is 0.854. The third-order valence-corrected chi connectivity index (χ3v) is 5.18. The molecule has 1 saturated heterocycles. The average Bonchev–Trinajstić information content (AvgIpc) is 2.95. The highest BCUT2D eigenvalue weighted by Crippen LogP contribution is 2.35. The normalized spacial score (nSPS) is 14.8. The molecule has 1 aliphatic rings. The number of imide groups is 1. The van der Waals surface area contributed by atoms with E-state index in [2.05, 4.69) is 40.6 Å². The topological polar surface area (TPSA) is 67.9 Å². The van der Waals surface area contributed by atoms with E-state index in [9.17, 15) is 9.59 Å². The SMILES string of the molecule is C=CCN1C(=O)N/C(=C/c2cc(I)c(OCc3cccc(C)c3)c(OCC)c2)C1=O. The summed E-state index contributed by atoms with van der Waals surface area (Å²) in [6, 6.07) is 11.4. The average molecular weight is 518 g/mol. The van der Waals surface area contributed by atoms with Crippen LogP contribution in [0, 0.1) is 10.5 Å². The highest BCUT2D eigenvalue weighted by atomic mass is 127. The number of rotatable bonds is 8. The Hall–Kier alpha value is -2.81. The molecule has 1 fully saturated rings. The van der Waals surface area contributed by atoms with Crippen molar-refractivity contribution in [3.8, 4) is 11.5 Å². The molecule has 156 valence electrons. The van der Waals surface area contributed by atoms with Crippen LogP contribution < -0.4 is 14.8 Å². The summed E-state index contributed by atoms with van der Waals surface area (Å²) in [4.78, 5) is 25.5. The Kier molecular flexibility index (Phi) is 7.15. The van der Waals surface area contributed by atoms with E-state index in [1.165, 1.54) is 11.6 Å². The van der Waals surface area contributed by atoms with Crippen LogP contribution in [0.3, 0.4) is 0 Å². The number of hydrogen-bond acceptors (Lipinski definition) is 4. The van der Waals surface area contributed by atoms with Crippen LogP contribution in [0.25, 0.3) is 6.08 Å². The summed E-state index contributed by atoms with van der Waals surface area (Å²) in [7, 11) is 0. The van der Waals surface area contributed by atoms with Crippen molar-refractivity contribution in [1.82, 2.24) is 10.2 Å². The Bertz CT molecular complexity index is 1020. The van der Waals surface area contributed by atoms with Gasteiger partial charge >= 0.3 is 6.03 Å². The first-order chi connectivity index (χ1) is 14.4. The number of nitrogens with zero attached hydrogens (tertiary/aromatic N) is 1. The van der Waals surface area contributed by atoms with E-state index in [4.69, 9.17) is 9.47 Å². The van der Waals surface area contributed by atoms with Gasteiger partial charge in [-0.1, -0.05) is 35.9 Å². The monoisotopic (exact) mass is 518 g/mol. The summed E-state index contributed by atoms with van der Waals surface area (Å²) >= 11 is 2.18. The zero-order valence-corrected chi connectivity index (χ0v) is 19.1. The van der Waals surface area contributed by atoms with Gasteiger partial charge in [-0.2, -0.15) is 0 Å². The molecule has 0 saturated carbocycles. The van der Waals surface area contributed by atoms with Crippen LogP contribution in [0.4, 0.5) is 4.79 Å². The Morgan fingerprint density at radius 1 is 1.20 bits per heavy atom. The number of aryl methyl sites for hydroxylation is 1. The van der Waals surface area contributed by atoms with Gasteiger partial charge in [-0.05, 0) is 65.8 Å². The van der Waals surface area contributed by atoms with Gasteiger partial charge in [0, 0.05) is 6.54 Å². The fourth-order valence-electron chi connectivity index (χ4n) is 3.06. The molecule has 3 rings (SSSR count). The maximum Gasteiger partial charge on any atom is 0.329 e. The first-order valence-electron chi connectivity index (χ1n) is 9.53. The van der Waals surface area contributed by atoms with Crippen LogP contribution in [0.2, 0.25) is 0 Å². The molecular weight excluding hydrogens is 495 g/mol. The van der Waals surface area contributed by atoms with Crippen molar-refractivity contribution in [3.63, 3.8) is 0 Å². The quantitative estimate of drug-likeness (QED) is 0.239. The van der Waals surface area contributed by atoms with E-state index in [-0.39, 0.29) is 18.1 Å². The van der Waals surface area contributed by atoms with Crippen LogP contribution in [-0.2, 0) is 11.4 Å². The van der Waals surface area contributed by atoms with Crippen molar-refractivity contribution in [2.75, 3.05) is 13.2 Å². The summed E-state index contributed by atoms with van der Waals surface area (Å²) in [5, 5.41) is 2.60. The fourth-order valence-corrected chi connectivity index (χ4v) is 3.85. The van der Waals surface area contributed by atoms with Gasteiger partial charge in [0.1, 0.15) is 12.3 Å². The minimum absolute atomic E-state index is 0.162. The smallest absolute Gasteiger partial charge is 0.329 e. The Morgan fingerprint density at radius 3 is 2.70 bits per heavy atom. The Labute approximate surface area is 189 Å². The van der Waals surface area contributed by atoms with Crippen molar-refractivity contribution >= 4 is 40.6 Å². The van der Waals surface area contributed by atoms with Crippen LogP contribution in [-0.4, -0.2) is 30.0 Å². The van der Waals surface area contributed by atoms with E-state index in [0.29, 0.717) is 24.7 Å². The van der Waals surface area contributed by atoms with Crippen molar-refractivity contribution in [3.05, 3.63) is 75.0 Å². The number of ether oxygens (including phenoxy) is 2. The standard InChI is InChI=1S/C23H23IN2O4/c1-4-9-26-22(27)19(25-23(26)28)12-17-11-18(24)21(20(13-17)29-5-2)30-14-16-8-6-7-15(3)10-16/h4,6-8,10-13H,1,5,9,14H2,2-3H3,(H,25,28)/b19-12+. The lowest BCUT2D eigenvalue weighted by Crippen LogP contribution is -2.30. The largest absolute Gasteiger partial charge is 0.490 e. The molecule has 0 radical (unpaired) electrons. The first-order valence-corrected chi connectivity index (χ1v) is 10.6. The minimum Gasteiger partial charge on any atom is -0.490 e. The molecule has 0 bridgehead atoms. The number of carbonyl (C=O) groups is 2. The van der Waals surface area contributed by atoms with Gasteiger partial charge in [0.05, 0.1) is 10.2 Å². The van der Waals surface area contributed by atoms with Gasteiger partial charge in [0.25, 0.3) is 5.91 Å². The number of halogens is 1. The highest BCUT2D eigenvalue weighted by molar-refractivity contribution is 14.1. The van der Waals surface area contributed by atoms with E-state index in [0.717, 1.165) is 19.6 Å². The number of benzene rings is 2. The summed E-state index contributed by atoms with van der Waals surface area (Å²) in [6.45, 7) is 8.57. The maximum absolute atomic E-state index is 12.4. The molecule has 6 nitrogen and oxygen atoms in total. The van der Waals surface area contributed by atoms with Gasteiger partial charge in [-0.25, -0.2) is 4.79 Å². The molecule has 30 heavy (non-hydrogen) atoms. The van der Waals surface area contributed by atoms with Gasteiger partial charge in [-0.3, -0.25) is 9.69 Å². The molecule has 0 aromatic heterocycles. The molecule has 0 aliphatic carbocycles. The molecule has 2 aromatic rings. The third-order valence-electron chi connectivity index (χ3n) is 4.38. The van der Waals surface area contributed by atoms with Crippen molar-refractivity contribution < 1.29 is 19.1 Å². The molecule has 1 aliphatic heterocycles. The highest BCUT2D eigenvalue weighted by Gasteiger charge is 2.32. The second kappa shape index (κ2) is 9.80. The second-order valence-electron chi connectivity index (χ2n) is 6.73. The Morgan fingerprint density at radius 2 is 2.00 bits per heavy atom. The lowest BCUT2D eigenvalue weighted by atomic mass is 10.1. The van der Waals surface area contributed by atoms with E-state index >= 15 is 0 Å². The van der Waals surface area contributed by atoms with Gasteiger partial charge in [-0.15, -0.1) is 6.58 Å². The van der Waals surface area contributed by atoms with Gasteiger partial charge in [0.15, 0.2) is 11.5 Å². The molecule has 0 spiro atoms. The minimum atomic E-state index is -0.455. The van der Waals surface area contributed by atoms with Crippen LogP contribution in [0.5, 0.6) is 11.5 Å². The van der Waals surface area contributed by atoms with Gasteiger partial charge in [0.2, 0.25) is 0 Å². The number of nitrogens with one attached hydrogen (secondary N) is 1. The summed E-state index contributed by atoms with van der Waals surface area (Å²) in [5.41, 5.74) is 3.19. The van der Waals surface area contributed by atoms with E-state index in [1.54, 1.807) is 12.1 Å². The summed E-state index contributed by atoms with van der Waals surface area (Å²) in [6.07, 6.45) is 3.15. The number of amides is 3. The van der Waals surface area contributed by atoms with Crippen LogP contribution in [0.15, 0.2) is 54.8 Å². The third kappa shape index (κ3) is 5.02. The number of hydrogen-bond donors (Lipinski definition) is 1. The zero-order chi connectivity index (χ0) is 21.7. The second-order valence-corrected chi connectivity index (χ2v) is 7.90. The van der Waals surface area contributed by atoms with E-state index in [1.807, 2.05) is 38.1 Å². The molecule has 0 unspecified atom stereocenters. The van der Waals surface area contributed by atoms with E-state index < -0.39 is 6.03 Å². The summed E-state index contributed by atoms with van der Waals surface area (Å²) < 4.78 is 12.7. The predicted molar refractivity (Wildman–Crippen MR) is 124 cm³/mol. The number of carbonyl (C=O) groups excluding carboxylic acids is 2. The van der Waals surface area contributed by atoms with Crippen molar-refractivity contribution in [1.29, 1.82) is 0 Å². The van der Waals surface area contributed by atoms with Crippen LogP contribution in [0.1, 0.15) is 23.6 Å². The van der Waals surface area contributed by atoms with Crippen LogP contribution >= 0.6 is 22.6 Å². The fraction of sp³-hybridized carbons (Fsp3) is 0.217. The molecule has 2 aromatic carbocycles. The molecular formula is C23H23IN2O4. The lowest BCUT2D eigenvalue weighted by molar-refractivity contribution is -0.122. The molecule has 3 amide bonds. The maximum atomic E-state index is 12.4. The number of urea groups is 1. The Balaban J connectivity index is 1.87. The first kappa shape index (κ1) is 21.9. The van der Waals surface area contributed by atoms with Gasteiger partial charge < -0.3 is 14.8 Å². The molecule has 7 heteroatoms. The lowest BCUT2D eigenvalue weighted by Gasteiger charge is -2.15. The predicted octanol–water partition coefficient (Wildman–Crippen LogP) is 4.66. The van der Waals surface area contributed by atoms with Crippen molar-refractivity contribution in [2.24, 2.45) is 0 Å². The van der Waals surface area contributed by atoms with Crippen molar-refractivity contribution in [2.45, 2.75) is 20.5 Å². The molecule has 1 N–H and O–H groups in total. The molecule has 1 heterocycles.